The fraction of sp³-hybridized carbons (Fsp3) is 0.857. The van der Waals surface area contributed by atoms with Crippen LogP contribution in [0.4, 0.5) is 0 Å². The average molecular weight is 513 g/mol. The van der Waals surface area contributed by atoms with Crippen molar-refractivity contribution in [3.8, 4) is 0 Å². The Labute approximate surface area is 150 Å². The number of carboxylic acids is 2. The zero-order valence-corrected chi connectivity index (χ0v) is 15.6. The minimum Gasteiger partial charge on any atom is -0.480 e. The van der Waals surface area contributed by atoms with Crippen LogP contribution in [-0.4, -0.2) is 53.7 Å². The summed E-state index contributed by atoms with van der Waals surface area (Å²) in [5.74, 6) is -2.05. The molecule has 0 amide bonds. The molecule has 0 aromatic heterocycles. The van der Waals surface area contributed by atoms with Crippen molar-refractivity contribution >= 4 is 11.9 Å². The first-order valence-electron chi connectivity index (χ1n) is 7.46. The average Bonchev–Trinajstić information content (AvgIpc) is 2.80. The summed E-state index contributed by atoms with van der Waals surface area (Å²) < 4.78 is 11.1. The van der Waals surface area contributed by atoms with Crippen molar-refractivity contribution in [1.29, 1.82) is 0 Å². The smallest absolute Gasteiger partial charge is 0.321 e. The monoisotopic (exact) mass is 513 g/mol. The number of hydrogen-bond donors (Lipinski definition) is 4. The quantitative estimate of drug-likeness (QED) is 0.376. The maximum atomic E-state index is 10.4. The Morgan fingerprint density at radius 2 is 1.48 bits per heavy atom. The summed E-state index contributed by atoms with van der Waals surface area (Å²) in [7, 11) is 0. The van der Waals surface area contributed by atoms with Gasteiger partial charge in [0.2, 0.25) is 0 Å². The summed E-state index contributed by atoms with van der Waals surface area (Å²) in [5.41, 5.74) is 9.56. The standard InChI is InChI=1S/C8H18N2O2.C6H8O4.Pt/c1-5(2)8-11-6(3-9)7(4-10)12-8;7-4(8)6(5(9)10)2-1-3-6;/h5-8H,3-4,9-10H2,1-2H3;1-3H2,(H,7,8)(H,9,10);/t6-,7-;;/m1../s1. The van der Waals surface area contributed by atoms with E-state index in [1.54, 1.807) is 0 Å². The van der Waals surface area contributed by atoms with Gasteiger partial charge in [-0.05, 0) is 19.3 Å². The predicted octanol–water partition coefficient (Wildman–Crippen LogP) is -0.00670. The summed E-state index contributed by atoms with van der Waals surface area (Å²) in [4.78, 5) is 20.7. The molecule has 2 atom stereocenters. The van der Waals surface area contributed by atoms with E-state index in [4.69, 9.17) is 31.2 Å². The van der Waals surface area contributed by atoms with Crippen molar-refractivity contribution in [1.82, 2.24) is 0 Å². The van der Waals surface area contributed by atoms with Crippen LogP contribution in [0.15, 0.2) is 0 Å². The Morgan fingerprint density at radius 1 is 1.09 bits per heavy atom. The normalized spacial score (nSPS) is 25.8. The molecule has 2 fully saturated rings. The molecule has 1 aliphatic carbocycles. The van der Waals surface area contributed by atoms with Crippen LogP contribution in [0, 0.1) is 11.3 Å². The Kier molecular flexibility index (Phi) is 9.46. The van der Waals surface area contributed by atoms with Gasteiger partial charge in [0, 0.05) is 40.1 Å². The van der Waals surface area contributed by atoms with E-state index in [9.17, 15) is 9.59 Å². The van der Waals surface area contributed by atoms with Gasteiger partial charge in [-0.1, -0.05) is 13.8 Å². The summed E-state index contributed by atoms with van der Waals surface area (Å²) in [5, 5.41) is 16.9. The Balaban J connectivity index is 0.000000409. The van der Waals surface area contributed by atoms with Crippen LogP contribution in [-0.2, 0) is 40.1 Å². The van der Waals surface area contributed by atoms with E-state index < -0.39 is 17.4 Å². The molecule has 0 spiro atoms. The third-order valence-electron chi connectivity index (χ3n) is 4.07. The molecule has 8 nitrogen and oxygen atoms in total. The fourth-order valence-electron chi connectivity index (χ4n) is 2.33. The fourth-order valence-corrected chi connectivity index (χ4v) is 2.33. The van der Waals surface area contributed by atoms with Crippen molar-refractivity contribution in [2.75, 3.05) is 13.1 Å². The molecule has 2 rings (SSSR count). The van der Waals surface area contributed by atoms with Gasteiger partial charge in [-0.3, -0.25) is 9.59 Å². The molecule has 1 saturated carbocycles. The molecule has 138 valence electrons. The minimum atomic E-state index is -1.44. The summed E-state index contributed by atoms with van der Waals surface area (Å²) in [6.07, 6.45) is 1.07. The van der Waals surface area contributed by atoms with Crippen molar-refractivity contribution in [2.45, 2.75) is 51.6 Å². The zero-order chi connectivity index (χ0) is 16.9. The first-order valence-corrected chi connectivity index (χ1v) is 7.46. The van der Waals surface area contributed by atoms with Crippen molar-refractivity contribution < 1.29 is 50.3 Å². The molecular weight excluding hydrogens is 487 g/mol. The van der Waals surface area contributed by atoms with Crippen LogP contribution in [0.5, 0.6) is 0 Å². The second kappa shape index (κ2) is 9.69. The van der Waals surface area contributed by atoms with Gasteiger partial charge in [0.15, 0.2) is 11.7 Å². The minimum absolute atomic E-state index is 0. The predicted molar refractivity (Wildman–Crippen MR) is 78.0 cm³/mol. The van der Waals surface area contributed by atoms with Gasteiger partial charge in [-0.15, -0.1) is 0 Å². The maximum absolute atomic E-state index is 10.4. The van der Waals surface area contributed by atoms with Crippen LogP contribution in [0.1, 0.15) is 33.1 Å². The van der Waals surface area contributed by atoms with Crippen LogP contribution in [0.25, 0.3) is 0 Å². The number of aliphatic carboxylic acids is 2. The number of hydrogen-bond acceptors (Lipinski definition) is 6. The third-order valence-corrected chi connectivity index (χ3v) is 4.07. The van der Waals surface area contributed by atoms with Crippen LogP contribution in [0.2, 0.25) is 0 Å². The van der Waals surface area contributed by atoms with Crippen molar-refractivity contribution in [3.05, 3.63) is 0 Å². The number of carbonyl (C=O) groups is 2. The summed E-state index contributed by atoms with van der Waals surface area (Å²) in [6, 6.07) is 0. The SMILES string of the molecule is CC(C)C1O[C@H](CN)[C@@H](CN)O1.O=C(O)C1(C(=O)O)CCC1.[Pt]. The van der Waals surface area contributed by atoms with Crippen molar-refractivity contribution in [2.24, 2.45) is 22.8 Å². The molecule has 2 aliphatic rings. The number of carboxylic acid groups (broad SMARTS) is 2. The molecule has 1 aliphatic heterocycles. The Hall–Kier alpha value is -0.532. The first kappa shape index (κ1) is 22.5. The third kappa shape index (κ3) is 5.22. The van der Waals surface area contributed by atoms with Gasteiger partial charge in [-0.25, -0.2) is 0 Å². The van der Waals surface area contributed by atoms with E-state index >= 15 is 0 Å². The molecule has 1 saturated heterocycles. The van der Waals surface area contributed by atoms with Gasteiger partial charge in [-0.2, -0.15) is 0 Å². The maximum Gasteiger partial charge on any atom is 0.321 e. The van der Waals surface area contributed by atoms with Crippen LogP contribution >= 0.6 is 0 Å². The first-order chi connectivity index (χ1) is 10.3. The second-order valence-electron chi connectivity index (χ2n) is 5.98. The molecule has 0 bridgehead atoms. The van der Waals surface area contributed by atoms with Gasteiger partial charge < -0.3 is 31.2 Å². The number of ether oxygens (including phenoxy) is 2. The molecule has 0 aromatic carbocycles. The van der Waals surface area contributed by atoms with E-state index in [1.165, 1.54) is 0 Å². The van der Waals surface area contributed by atoms with E-state index in [0.717, 1.165) is 0 Å². The van der Waals surface area contributed by atoms with E-state index in [-0.39, 0.29) is 52.4 Å². The van der Waals surface area contributed by atoms with E-state index in [0.29, 0.717) is 25.4 Å². The van der Waals surface area contributed by atoms with Crippen LogP contribution < -0.4 is 11.5 Å². The molecule has 23 heavy (non-hydrogen) atoms. The molecule has 0 unspecified atom stereocenters. The number of nitrogens with two attached hydrogens (primary N) is 2. The molecule has 6 N–H and O–H groups in total. The van der Waals surface area contributed by atoms with Gasteiger partial charge in [0.25, 0.3) is 0 Å². The Bertz CT molecular complexity index is 375. The summed E-state index contributed by atoms with van der Waals surface area (Å²) in [6.45, 7) is 5.06. The summed E-state index contributed by atoms with van der Waals surface area (Å²) >= 11 is 0. The zero-order valence-electron chi connectivity index (χ0n) is 13.3. The van der Waals surface area contributed by atoms with Gasteiger partial charge in [0.1, 0.15) is 12.2 Å². The van der Waals surface area contributed by atoms with Crippen LogP contribution in [0.3, 0.4) is 0 Å². The molecule has 0 aromatic rings. The molecule has 9 heteroatoms. The second-order valence-corrected chi connectivity index (χ2v) is 5.98. The largest absolute Gasteiger partial charge is 0.480 e. The van der Waals surface area contributed by atoms with E-state index in [2.05, 4.69) is 13.8 Å². The molecule has 0 radical (unpaired) electrons. The van der Waals surface area contributed by atoms with Gasteiger partial charge in [0.05, 0.1) is 0 Å². The molecular formula is C14H26N2O6Pt. The van der Waals surface area contributed by atoms with E-state index in [1.807, 2.05) is 0 Å². The molecule has 1 heterocycles. The topological polar surface area (TPSA) is 145 Å². The van der Waals surface area contributed by atoms with Gasteiger partial charge >= 0.3 is 11.9 Å². The van der Waals surface area contributed by atoms with Crippen molar-refractivity contribution in [3.63, 3.8) is 0 Å². The number of rotatable bonds is 5. The Morgan fingerprint density at radius 3 is 1.61 bits per heavy atom.